The number of methoxy groups -OCH3 is 1. The van der Waals surface area contributed by atoms with Gasteiger partial charge in [0.25, 0.3) is 5.91 Å². The van der Waals surface area contributed by atoms with Crippen LogP contribution in [0.1, 0.15) is 11.1 Å². The molecule has 6 nitrogen and oxygen atoms in total. The van der Waals surface area contributed by atoms with Crippen molar-refractivity contribution in [3.8, 4) is 28.8 Å². The third-order valence-electron chi connectivity index (χ3n) is 5.00. The van der Waals surface area contributed by atoms with Crippen LogP contribution in [0, 0.1) is 17.1 Å². The Kier molecular flexibility index (Phi) is 7.50. The number of hydrogen-bond donors (Lipinski definition) is 1. The maximum absolute atomic E-state index is 13.8. The summed E-state index contributed by atoms with van der Waals surface area (Å²) in [5.74, 6) is -0.126. The highest BCUT2D eigenvalue weighted by molar-refractivity contribution is 7.14. The first-order chi connectivity index (χ1) is 17.1. The number of thiazole rings is 1. The topological polar surface area (TPSA) is 84.2 Å². The van der Waals surface area contributed by atoms with Crippen molar-refractivity contribution in [3.05, 3.63) is 101 Å². The van der Waals surface area contributed by atoms with E-state index in [0.717, 1.165) is 11.3 Å². The molecule has 0 spiro atoms. The molecular weight excluding hydrogens is 465 g/mol. The molecule has 0 aliphatic heterocycles. The molecule has 0 bridgehead atoms. The van der Waals surface area contributed by atoms with E-state index >= 15 is 0 Å². The predicted octanol–water partition coefficient (Wildman–Crippen LogP) is 6.08. The number of carbonyl (C=O) groups excluding carboxylic acids is 1. The van der Waals surface area contributed by atoms with Crippen LogP contribution in [0.4, 0.5) is 9.52 Å². The highest BCUT2D eigenvalue weighted by Crippen LogP contribution is 2.30. The molecule has 0 saturated heterocycles. The second-order valence-electron chi connectivity index (χ2n) is 7.32. The Bertz CT molecular complexity index is 1410. The quantitative estimate of drug-likeness (QED) is 0.241. The lowest BCUT2D eigenvalue weighted by Gasteiger charge is -2.12. The Morgan fingerprint density at radius 2 is 1.89 bits per heavy atom. The Labute approximate surface area is 205 Å². The fraction of sp³-hybridized carbons (Fsp3) is 0.0741. The molecule has 1 N–H and O–H groups in total. The van der Waals surface area contributed by atoms with Crippen molar-refractivity contribution in [3.63, 3.8) is 0 Å². The number of nitrogens with zero attached hydrogens (tertiary/aromatic N) is 2. The highest BCUT2D eigenvalue weighted by atomic mass is 32.1. The summed E-state index contributed by atoms with van der Waals surface area (Å²) in [4.78, 5) is 17.1. The fourth-order valence-corrected chi connectivity index (χ4v) is 3.93. The van der Waals surface area contributed by atoms with Gasteiger partial charge in [-0.25, -0.2) is 9.37 Å². The molecule has 3 aromatic carbocycles. The number of amides is 1. The number of aromatic nitrogens is 1. The molecule has 0 unspecified atom stereocenters. The first-order valence-electron chi connectivity index (χ1n) is 10.6. The number of ether oxygens (including phenoxy) is 2. The highest BCUT2D eigenvalue weighted by Gasteiger charge is 2.14. The van der Waals surface area contributed by atoms with E-state index in [4.69, 9.17) is 9.47 Å². The minimum atomic E-state index is -0.569. The summed E-state index contributed by atoms with van der Waals surface area (Å²) in [6.07, 6.45) is 1.45. The Balaban J connectivity index is 1.47. The van der Waals surface area contributed by atoms with E-state index in [2.05, 4.69) is 10.3 Å². The van der Waals surface area contributed by atoms with Gasteiger partial charge >= 0.3 is 0 Å². The van der Waals surface area contributed by atoms with Gasteiger partial charge < -0.3 is 9.47 Å². The summed E-state index contributed by atoms with van der Waals surface area (Å²) in [7, 11) is 1.48. The summed E-state index contributed by atoms with van der Waals surface area (Å²) < 4.78 is 24.9. The zero-order valence-electron chi connectivity index (χ0n) is 18.7. The van der Waals surface area contributed by atoms with E-state index in [1.54, 1.807) is 36.4 Å². The van der Waals surface area contributed by atoms with Gasteiger partial charge in [-0.1, -0.05) is 54.6 Å². The molecule has 35 heavy (non-hydrogen) atoms. The molecule has 1 amide bonds. The predicted molar refractivity (Wildman–Crippen MR) is 133 cm³/mol. The van der Waals surface area contributed by atoms with E-state index in [9.17, 15) is 14.4 Å². The van der Waals surface area contributed by atoms with Gasteiger partial charge in [-0.05, 0) is 29.8 Å². The molecule has 0 fully saturated rings. The van der Waals surface area contributed by atoms with Gasteiger partial charge in [0, 0.05) is 16.5 Å². The number of halogens is 1. The Morgan fingerprint density at radius 3 is 2.63 bits per heavy atom. The van der Waals surface area contributed by atoms with E-state index in [-0.39, 0.29) is 18.0 Å². The average Bonchev–Trinajstić information content (AvgIpc) is 3.36. The van der Waals surface area contributed by atoms with Crippen LogP contribution in [0.5, 0.6) is 11.5 Å². The number of anilines is 1. The van der Waals surface area contributed by atoms with Crippen LogP contribution in [0.3, 0.4) is 0 Å². The van der Waals surface area contributed by atoms with Gasteiger partial charge in [-0.15, -0.1) is 11.3 Å². The second-order valence-corrected chi connectivity index (χ2v) is 8.18. The minimum Gasteiger partial charge on any atom is -0.493 e. The lowest BCUT2D eigenvalue weighted by Crippen LogP contribution is -2.13. The van der Waals surface area contributed by atoms with E-state index in [0.29, 0.717) is 27.8 Å². The minimum absolute atomic E-state index is 0.0306. The fourth-order valence-electron chi connectivity index (χ4n) is 3.22. The van der Waals surface area contributed by atoms with Gasteiger partial charge in [0.2, 0.25) is 0 Å². The summed E-state index contributed by atoms with van der Waals surface area (Å²) >= 11 is 1.28. The molecule has 4 rings (SSSR count). The van der Waals surface area contributed by atoms with Crippen molar-refractivity contribution in [2.45, 2.75) is 6.61 Å². The van der Waals surface area contributed by atoms with Gasteiger partial charge in [0.15, 0.2) is 16.6 Å². The Morgan fingerprint density at radius 1 is 1.11 bits per heavy atom. The van der Waals surface area contributed by atoms with Gasteiger partial charge in [0.05, 0.1) is 12.8 Å². The standard InChI is InChI=1S/C27H20FN3O3S/c1-33-25-14-18(11-12-24(25)34-16-20-9-5-6-10-22(20)28)13-21(15-29)26(32)31-27-30-23(17-35-27)19-7-3-2-4-8-19/h2-14,17H,16H2,1H3,(H,30,31,32)/b21-13-. The molecule has 4 aromatic rings. The van der Waals surface area contributed by atoms with Crippen molar-refractivity contribution in [2.24, 2.45) is 0 Å². The smallest absolute Gasteiger partial charge is 0.268 e. The van der Waals surface area contributed by atoms with Crippen LogP contribution in [0.25, 0.3) is 17.3 Å². The van der Waals surface area contributed by atoms with Crippen molar-refractivity contribution < 1.29 is 18.7 Å². The van der Waals surface area contributed by atoms with Crippen LogP contribution in [-0.2, 0) is 11.4 Å². The van der Waals surface area contributed by atoms with Crippen LogP contribution < -0.4 is 14.8 Å². The molecule has 0 radical (unpaired) electrons. The SMILES string of the molecule is COc1cc(/C=C(/C#N)C(=O)Nc2nc(-c3ccccc3)cs2)ccc1OCc1ccccc1F. The maximum Gasteiger partial charge on any atom is 0.268 e. The van der Waals surface area contributed by atoms with E-state index in [1.165, 1.54) is 30.6 Å². The van der Waals surface area contributed by atoms with Gasteiger partial charge in [-0.2, -0.15) is 5.26 Å². The van der Waals surface area contributed by atoms with Crippen LogP contribution in [0.2, 0.25) is 0 Å². The number of nitrogens with one attached hydrogen (secondary N) is 1. The molecule has 0 aliphatic carbocycles. The normalized spacial score (nSPS) is 10.9. The Hall–Kier alpha value is -4.48. The van der Waals surface area contributed by atoms with Crippen LogP contribution >= 0.6 is 11.3 Å². The molecule has 1 heterocycles. The summed E-state index contributed by atoms with van der Waals surface area (Å²) in [6, 6.07) is 22.8. The maximum atomic E-state index is 13.8. The van der Waals surface area contributed by atoms with Crippen molar-refractivity contribution in [1.29, 1.82) is 5.26 Å². The molecule has 0 aliphatic rings. The number of carbonyl (C=O) groups is 1. The van der Waals surface area contributed by atoms with Gasteiger partial charge in [-0.3, -0.25) is 10.1 Å². The molecule has 0 saturated carbocycles. The molecule has 1 aromatic heterocycles. The van der Waals surface area contributed by atoms with Crippen molar-refractivity contribution >= 4 is 28.5 Å². The monoisotopic (exact) mass is 485 g/mol. The van der Waals surface area contributed by atoms with Crippen molar-refractivity contribution in [2.75, 3.05) is 12.4 Å². The lowest BCUT2D eigenvalue weighted by atomic mass is 10.1. The van der Waals surface area contributed by atoms with Crippen LogP contribution in [-0.4, -0.2) is 18.0 Å². The average molecular weight is 486 g/mol. The third kappa shape index (κ3) is 5.91. The summed E-state index contributed by atoms with van der Waals surface area (Å²) in [5.41, 5.74) is 2.56. The second kappa shape index (κ2) is 11.1. The zero-order valence-corrected chi connectivity index (χ0v) is 19.5. The first-order valence-corrected chi connectivity index (χ1v) is 11.4. The van der Waals surface area contributed by atoms with E-state index in [1.807, 2.05) is 41.8 Å². The van der Waals surface area contributed by atoms with Crippen molar-refractivity contribution in [1.82, 2.24) is 4.98 Å². The summed E-state index contributed by atoms with van der Waals surface area (Å²) in [6.45, 7) is 0.0306. The number of rotatable bonds is 8. The zero-order chi connectivity index (χ0) is 24.6. The molecule has 174 valence electrons. The number of benzene rings is 3. The molecule has 0 atom stereocenters. The largest absolute Gasteiger partial charge is 0.493 e. The first kappa shape index (κ1) is 23.7. The summed E-state index contributed by atoms with van der Waals surface area (Å²) in [5, 5.41) is 14.5. The van der Waals surface area contributed by atoms with Crippen LogP contribution in [0.15, 0.2) is 83.7 Å². The lowest BCUT2D eigenvalue weighted by molar-refractivity contribution is -0.112. The number of hydrogen-bond acceptors (Lipinski definition) is 6. The van der Waals surface area contributed by atoms with E-state index < -0.39 is 5.91 Å². The molecular formula is C27H20FN3O3S. The number of nitriles is 1. The third-order valence-corrected chi connectivity index (χ3v) is 5.76. The molecule has 8 heteroatoms. The van der Waals surface area contributed by atoms with Gasteiger partial charge in [0.1, 0.15) is 24.1 Å².